The van der Waals surface area contributed by atoms with Crippen LogP contribution >= 0.6 is 0 Å². The lowest BCUT2D eigenvalue weighted by Crippen LogP contribution is -2.51. The van der Waals surface area contributed by atoms with Gasteiger partial charge in [-0.3, -0.25) is 4.79 Å². The van der Waals surface area contributed by atoms with Crippen molar-refractivity contribution in [2.45, 2.75) is 58.2 Å². The molecule has 0 aliphatic carbocycles. The SMILES string of the molecule is CC(=O)N1CCC(NC(=O)N(Cc2cccc(C)c2)C[C@H]2CCCO2)CC1. The molecule has 1 atom stereocenters. The fourth-order valence-electron chi connectivity index (χ4n) is 3.89. The fraction of sp³-hybridized carbons (Fsp3) is 0.619. The lowest BCUT2D eigenvalue weighted by molar-refractivity contribution is -0.129. The number of benzene rings is 1. The van der Waals surface area contributed by atoms with Crippen molar-refractivity contribution in [3.63, 3.8) is 0 Å². The van der Waals surface area contributed by atoms with Crippen molar-refractivity contribution in [1.82, 2.24) is 15.1 Å². The van der Waals surface area contributed by atoms with Crippen molar-refractivity contribution in [3.05, 3.63) is 35.4 Å². The van der Waals surface area contributed by atoms with Crippen molar-refractivity contribution in [1.29, 1.82) is 0 Å². The molecule has 1 aromatic rings. The van der Waals surface area contributed by atoms with E-state index in [1.54, 1.807) is 6.92 Å². The van der Waals surface area contributed by atoms with Gasteiger partial charge >= 0.3 is 6.03 Å². The molecule has 0 aromatic heterocycles. The Labute approximate surface area is 161 Å². The second-order valence-corrected chi connectivity index (χ2v) is 7.73. The summed E-state index contributed by atoms with van der Waals surface area (Å²) in [5.74, 6) is 0.110. The second kappa shape index (κ2) is 9.22. The van der Waals surface area contributed by atoms with E-state index in [1.165, 1.54) is 5.56 Å². The first-order valence-electron chi connectivity index (χ1n) is 9.99. The van der Waals surface area contributed by atoms with Crippen LogP contribution in [0.25, 0.3) is 0 Å². The molecule has 0 unspecified atom stereocenters. The summed E-state index contributed by atoms with van der Waals surface area (Å²) in [4.78, 5) is 28.2. The Balaban J connectivity index is 1.60. The number of nitrogens with one attached hydrogen (secondary N) is 1. The van der Waals surface area contributed by atoms with Gasteiger partial charge in [-0.2, -0.15) is 0 Å². The third kappa shape index (κ3) is 5.70. The molecular weight excluding hydrogens is 342 g/mol. The molecule has 3 rings (SSSR count). The molecule has 27 heavy (non-hydrogen) atoms. The van der Waals surface area contributed by atoms with E-state index in [-0.39, 0.29) is 24.1 Å². The molecule has 6 heteroatoms. The van der Waals surface area contributed by atoms with Crippen LogP contribution in [0, 0.1) is 6.92 Å². The average molecular weight is 373 g/mol. The second-order valence-electron chi connectivity index (χ2n) is 7.73. The molecule has 2 aliphatic heterocycles. The Morgan fingerprint density at radius 2 is 2.04 bits per heavy atom. The van der Waals surface area contributed by atoms with E-state index >= 15 is 0 Å². The van der Waals surface area contributed by atoms with E-state index < -0.39 is 0 Å². The summed E-state index contributed by atoms with van der Waals surface area (Å²) in [5, 5.41) is 3.18. The van der Waals surface area contributed by atoms with E-state index in [0.717, 1.165) is 37.9 Å². The first-order valence-corrected chi connectivity index (χ1v) is 9.99. The molecule has 2 heterocycles. The minimum absolute atomic E-state index is 0.0340. The maximum Gasteiger partial charge on any atom is 0.318 e. The van der Waals surface area contributed by atoms with Gasteiger partial charge in [-0.25, -0.2) is 4.79 Å². The van der Waals surface area contributed by atoms with Crippen molar-refractivity contribution >= 4 is 11.9 Å². The molecule has 0 saturated carbocycles. The van der Waals surface area contributed by atoms with Crippen molar-refractivity contribution in [3.8, 4) is 0 Å². The van der Waals surface area contributed by atoms with E-state index in [0.29, 0.717) is 26.2 Å². The van der Waals surface area contributed by atoms with E-state index in [2.05, 4.69) is 30.4 Å². The van der Waals surface area contributed by atoms with Crippen LogP contribution in [0.5, 0.6) is 0 Å². The van der Waals surface area contributed by atoms with Crippen LogP contribution in [0.2, 0.25) is 0 Å². The van der Waals surface area contributed by atoms with Gasteiger partial charge in [0, 0.05) is 45.8 Å². The Kier molecular flexibility index (Phi) is 6.72. The zero-order chi connectivity index (χ0) is 19.2. The Hall–Kier alpha value is -2.08. The predicted molar refractivity (Wildman–Crippen MR) is 104 cm³/mol. The molecule has 6 nitrogen and oxygen atoms in total. The monoisotopic (exact) mass is 373 g/mol. The number of amides is 3. The number of urea groups is 1. The largest absolute Gasteiger partial charge is 0.376 e. The summed E-state index contributed by atoms with van der Waals surface area (Å²) >= 11 is 0. The highest BCUT2D eigenvalue weighted by atomic mass is 16.5. The van der Waals surface area contributed by atoms with Crippen molar-refractivity contribution < 1.29 is 14.3 Å². The highest BCUT2D eigenvalue weighted by Gasteiger charge is 2.26. The zero-order valence-corrected chi connectivity index (χ0v) is 16.4. The minimum Gasteiger partial charge on any atom is -0.376 e. The zero-order valence-electron chi connectivity index (χ0n) is 16.4. The molecule has 1 N–H and O–H groups in total. The predicted octanol–water partition coefficient (Wildman–Crippen LogP) is 2.70. The van der Waals surface area contributed by atoms with Gasteiger partial charge in [-0.05, 0) is 38.2 Å². The lowest BCUT2D eigenvalue weighted by atomic mass is 10.1. The summed E-state index contributed by atoms with van der Waals surface area (Å²) in [7, 11) is 0. The molecule has 0 spiro atoms. The minimum atomic E-state index is -0.0340. The molecule has 1 aromatic carbocycles. The normalized spacial score (nSPS) is 20.5. The Morgan fingerprint density at radius 1 is 1.26 bits per heavy atom. The number of piperidine rings is 1. The van der Waals surface area contributed by atoms with Crippen molar-refractivity contribution in [2.75, 3.05) is 26.2 Å². The van der Waals surface area contributed by atoms with Crippen LogP contribution < -0.4 is 5.32 Å². The maximum atomic E-state index is 13.0. The molecular formula is C21H31N3O3. The topological polar surface area (TPSA) is 61.9 Å². The number of hydrogen-bond donors (Lipinski definition) is 1. The molecule has 0 bridgehead atoms. The molecule has 2 fully saturated rings. The van der Waals surface area contributed by atoms with Gasteiger partial charge < -0.3 is 19.9 Å². The molecule has 0 radical (unpaired) electrons. The summed E-state index contributed by atoms with van der Waals surface area (Å²) < 4.78 is 5.76. The van der Waals surface area contributed by atoms with Crippen LogP contribution in [0.1, 0.15) is 43.7 Å². The smallest absolute Gasteiger partial charge is 0.318 e. The number of aryl methyl sites for hydroxylation is 1. The van der Waals surface area contributed by atoms with E-state index in [4.69, 9.17) is 4.74 Å². The average Bonchev–Trinajstić information content (AvgIpc) is 3.15. The van der Waals surface area contributed by atoms with Gasteiger partial charge in [0.05, 0.1) is 6.10 Å². The first kappa shape index (κ1) is 19.7. The van der Waals surface area contributed by atoms with Gasteiger partial charge in [0.25, 0.3) is 0 Å². The van der Waals surface area contributed by atoms with Crippen LogP contribution in [0.3, 0.4) is 0 Å². The van der Waals surface area contributed by atoms with E-state index in [1.807, 2.05) is 15.9 Å². The number of ether oxygens (including phenoxy) is 1. The fourth-order valence-corrected chi connectivity index (χ4v) is 3.89. The first-order chi connectivity index (χ1) is 13.0. The standard InChI is InChI=1S/C21H31N3O3/c1-16-5-3-6-18(13-16)14-24(15-20-7-4-12-27-20)21(26)22-19-8-10-23(11-9-19)17(2)25/h3,5-6,13,19-20H,4,7-12,14-15H2,1-2H3,(H,22,26)/t20-/m1/s1. The van der Waals surface area contributed by atoms with Gasteiger partial charge in [-0.15, -0.1) is 0 Å². The number of rotatable bonds is 5. The van der Waals surface area contributed by atoms with Crippen molar-refractivity contribution in [2.24, 2.45) is 0 Å². The highest BCUT2D eigenvalue weighted by Crippen LogP contribution is 2.17. The third-order valence-electron chi connectivity index (χ3n) is 5.46. The van der Waals surface area contributed by atoms with Gasteiger partial charge in [-0.1, -0.05) is 29.8 Å². The van der Waals surface area contributed by atoms with E-state index in [9.17, 15) is 9.59 Å². The third-order valence-corrected chi connectivity index (χ3v) is 5.46. The molecule has 148 valence electrons. The maximum absolute atomic E-state index is 13.0. The quantitative estimate of drug-likeness (QED) is 0.863. The van der Waals surface area contributed by atoms with Gasteiger partial charge in [0.15, 0.2) is 0 Å². The number of nitrogens with zero attached hydrogens (tertiary/aromatic N) is 2. The Bertz CT molecular complexity index is 650. The number of likely N-dealkylation sites (tertiary alicyclic amines) is 1. The summed E-state index contributed by atoms with van der Waals surface area (Å²) in [5.41, 5.74) is 2.33. The summed E-state index contributed by atoms with van der Waals surface area (Å²) in [6.07, 6.45) is 3.82. The van der Waals surface area contributed by atoms with Gasteiger partial charge in [0.1, 0.15) is 0 Å². The molecule has 2 aliphatic rings. The van der Waals surface area contributed by atoms with Crippen LogP contribution in [0.15, 0.2) is 24.3 Å². The van der Waals surface area contributed by atoms with Crippen LogP contribution in [-0.4, -0.2) is 60.1 Å². The van der Waals surface area contributed by atoms with Gasteiger partial charge in [0.2, 0.25) is 5.91 Å². The molecule has 2 saturated heterocycles. The lowest BCUT2D eigenvalue weighted by Gasteiger charge is -2.34. The number of carbonyl (C=O) groups is 2. The Morgan fingerprint density at radius 3 is 2.67 bits per heavy atom. The number of carbonyl (C=O) groups excluding carboxylic acids is 2. The van der Waals surface area contributed by atoms with Crippen LogP contribution in [-0.2, 0) is 16.1 Å². The summed E-state index contributed by atoms with van der Waals surface area (Å²) in [6.45, 7) is 7.08. The number of hydrogen-bond acceptors (Lipinski definition) is 3. The molecule has 3 amide bonds. The summed E-state index contributed by atoms with van der Waals surface area (Å²) in [6, 6.07) is 8.38. The highest BCUT2D eigenvalue weighted by molar-refractivity contribution is 5.75. The van der Waals surface area contributed by atoms with Crippen LogP contribution in [0.4, 0.5) is 4.79 Å².